The Labute approximate surface area is 204 Å². The summed E-state index contributed by atoms with van der Waals surface area (Å²) >= 11 is 18.0. The number of carbonyl (C=O) groups is 2. The van der Waals surface area contributed by atoms with E-state index in [1.807, 2.05) is 18.2 Å². The number of nitrogens with zero attached hydrogens (tertiary/aromatic N) is 2. The van der Waals surface area contributed by atoms with E-state index in [0.717, 1.165) is 5.56 Å². The number of rotatable bonds is 5. The largest absolute Gasteiger partial charge is 0.452 e. The number of amides is 1. The van der Waals surface area contributed by atoms with Crippen molar-refractivity contribution in [1.82, 2.24) is 9.97 Å². The molecule has 0 aliphatic carbocycles. The predicted molar refractivity (Wildman–Crippen MR) is 130 cm³/mol. The van der Waals surface area contributed by atoms with Crippen LogP contribution in [0.15, 0.2) is 60.8 Å². The van der Waals surface area contributed by atoms with Gasteiger partial charge in [-0.25, -0.2) is 14.8 Å². The van der Waals surface area contributed by atoms with Gasteiger partial charge >= 0.3 is 5.97 Å². The Morgan fingerprint density at radius 1 is 1.00 bits per heavy atom. The van der Waals surface area contributed by atoms with Crippen LogP contribution in [0.3, 0.4) is 0 Å². The molecule has 1 amide bonds. The quantitative estimate of drug-likeness (QED) is 0.322. The third kappa shape index (κ3) is 5.09. The number of halogens is 3. The average molecular weight is 501 g/mol. The molecule has 6 nitrogen and oxygen atoms in total. The molecule has 0 fully saturated rings. The van der Waals surface area contributed by atoms with E-state index < -0.39 is 18.5 Å². The van der Waals surface area contributed by atoms with E-state index in [1.54, 1.807) is 37.3 Å². The number of nitrogens with one attached hydrogen (secondary N) is 1. The van der Waals surface area contributed by atoms with Gasteiger partial charge in [-0.2, -0.15) is 0 Å². The molecule has 0 aliphatic heterocycles. The zero-order chi connectivity index (χ0) is 23.5. The molecule has 1 N–H and O–H groups in total. The molecule has 33 heavy (non-hydrogen) atoms. The second kappa shape index (κ2) is 9.75. The van der Waals surface area contributed by atoms with Gasteiger partial charge in [0.25, 0.3) is 5.91 Å². The van der Waals surface area contributed by atoms with Crippen molar-refractivity contribution in [3.8, 4) is 11.3 Å². The van der Waals surface area contributed by atoms with Crippen LogP contribution in [0.25, 0.3) is 22.2 Å². The molecule has 0 spiro atoms. The number of ether oxygens (including phenoxy) is 1. The van der Waals surface area contributed by atoms with Gasteiger partial charge in [-0.15, -0.1) is 0 Å². The lowest BCUT2D eigenvalue weighted by Gasteiger charge is -2.14. The van der Waals surface area contributed by atoms with E-state index in [0.29, 0.717) is 37.8 Å². The number of para-hydroxylation sites is 1. The average Bonchev–Trinajstić information content (AvgIpc) is 2.79. The molecule has 0 bridgehead atoms. The Balaban J connectivity index is 1.62. The van der Waals surface area contributed by atoms with Gasteiger partial charge in [-0.3, -0.25) is 4.79 Å². The number of hydrogen-bond donors (Lipinski definition) is 1. The number of carbonyl (C=O) groups excluding carboxylic acids is 2. The number of fused-ring (bicyclic) bond motifs is 1. The van der Waals surface area contributed by atoms with Crippen molar-refractivity contribution >= 4 is 63.4 Å². The van der Waals surface area contributed by atoms with Gasteiger partial charge in [0, 0.05) is 22.2 Å². The molecule has 0 saturated heterocycles. The maximum atomic E-state index is 13.1. The molecule has 0 saturated carbocycles. The first-order chi connectivity index (χ1) is 15.8. The molecule has 2 heterocycles. The van der Waals surface area contributed by atoms with Gasteiger partial charge in [-0.1, -0.05) is 65.1 Å². The van der Waals surface area contributed by atoms with Gasteiger partial charge in [0.1, 0.15) is 0 Å². The lowest BCUT2D eigenvalue weighted by atomic mass is 9.98. The maximum Gasteiger partial charge on any atom is 0.339 e. The fourth-order valence-electron chi connectivity index (χ4n) is 3.37. The second-order valence-corrected chi connectivity index (χ2v) is 8.38. The first-order valence-corrected chi connectivity index (χ1v) is 10.9. The SMILES string of the molecule is Cc1c(-c2cccc(Cl)c2)nc2ccccc2c1C(=O)OCC(=O)Nc1ncc(Cl)cc1Cl. The van der Waals surface area contributed by atoms with Crippen molar-refractivity contribution in [1.29, 1.82) is 0 Å². The fraction of sp³-hybridized carbons (Fsp3) is 0.0833. The van der Waals surface area contributed by atoms with E-state index in [-0.39, 0.29) is 10.8 Å². The maximum absolute atomic E-state index is 13.1. The summed E-state index contributed by atoms with van der Waals surface area (Å²) in [7, 11) is 0. The fourth-order valence-corrected chi connectivity index (χ4v) is 3.98. The van der Waals surface area contributed by atoms with Crippen LogP contribution in [-0.4, -0.2) is 28.5 Å². The summed E-state index contributed by atoms with van der Waals surface area (Å²) in [5.41, 5.74) is 2.92. The van der Waals surface area contributed by atoms with Crippen molar-refractivity contribution in [3.05, 3.63) is 87.0 Å². The van der Waals surface area contributed by atoms with E-state index in [9.17, 15) is 9.59 Å². The molecule has 0 unspecified atom stereocenters. The van der Waals surface area contributed by atoms with Gasteiger partial charge in [-0.05, 0) is 36.8 Å². The van der Waals surface area contributed by atoms with E-state index in [2.05, 4.69) is 10.3 Å². The number of esters is 1. The minimum atomic E-state index is -0.653. The monoisotopic (exact) mass is 499 g/mol. The summed E-state index contributed by atoms with van der Waals surface area (Å²) in [5.74, 6) is -1.12. The van der Waals surface area contributed by atoms with Crippen molar-refractivity contribution < 1.29 is 14.3 Å². The third-order valence-electron chi connectivity index (χ3n) is 4.84. The molecule has 4 aromatic rings. The Hall–Kier alpha value is -3.19. The van der Waals surface area contributed by atoms with Crippen molar-refractivity contribution in [3.63, 3.8) is 0 Å². The van der Waals surface area contributed by atoms with Crippen LogP contribution in [0, 0.1) is 6.92 Å². The van der Waals surface area contributed by atoms with Crippen LogP contribution < -0.4 is 5.32 Å². The minimum Gasteiger partial charge on any atom is -0.452 e. The summed E-state index contributed by atoms with van der Waals surface area (Å²) in [6.07, 6.45) is 1.35. The van der Waals surface area contributed by atoms with Crippen LogP contribution in [0.2, 0.25) is 15.1 Å². The van der Waals surface area contributed by atoms with Crippen LogP contribution in [-0.2, 0) is 9.53 Å². The standard InChI is InChI=1S/C24H16Cl3N3O3/c1-13-21(24(32)33-12-20(31)30-23-18(27)10-16(26)11-28-23)17-7-2-3-8-19(17)29-22(13)14-5-4-6-15(25)9-14/h2-11H,12H2,1H3,(H,28,30,31). The van der Waals surface area contributed by atoms with Gasteiger partial charge in [0.2, 0.25) is 0 Å². The van der Waals surface area contributed by atoms with Crippen LogP contribution in [0.1, 0.15) is 15.9 Å². The molecule has 0 aliphatic rings. The Morgan fingerprint density at radius 3 is 2.55 bits per heavy atom. The number of anilines is 1. The summed E-state index contributed by atoms with van der Waals surface area (Å²) in [4.78, 5) is 34.1. The summed E-state index contributed by atoms with van der Waals surface area (Å²) in [5, 5.41) is 4.17. The molecule has 0 radical (unpaired) electrons. The number of aromatic nitrogens is 2. The highest BCUT2D eigenvalue weighted by molar-refractivity contribution is 6.36. The Kier molecular flexibility index (Phi) is 6.79. The van der Waals surface area contributed by atoms with Gasteiger partial charge < -0.3 is 10.1 Å². The van der Waals surface area contributed by atoms with Gasteiger partial charge in [0.15, 0.2) is 12.4 Å². The highest BCUT2D eigenvalue weighted by Crippen LogP contribution is 2.31. The molecular formula is C24H16Cl3N3O3. The molecule has 166 valence electrons. The molecular weight excluding hydrogens is 485 g/mol. The summed E-state index contributed by atoms with van der Waals surface area (Å²) < 4.78 is 5.33. The van der Waals surface area contributed by atoms with Crippen LogP contribution in [0.4, 0.5) is 5.82 Å². The van der Waals surface area contributed by atoms with Crippen LogP contribution in [0.5, 0.6) is 0 Å². The molecule has 2 aromatic heterocycles. The lowest BCUT2D eigenvalue weighted by molar-refractivity contribution is -0.119. The number of hydrogen-bond acceptors (Lipinski definition) is 5. The second-order valence-electron chi connectivity index (χ2n) is 7.10. The molecule has 2 aromatic carbocycles. The van der Waals surface area contributed by atoms with E-state index >= 15 is 0 Å². The lowest BCUT2D eigenvalue weighted by Crippen LogP contribution is -2.22. The first kappa shape index (κ1) is 23.0. The Bertz CT molecular complexity index is 1390. The smallest absolute Gasteiger partial charge is 0.339 e. The zero-order valence-electron chi connectivity index (χ0n) is 17.2. The normalized spacial score (nSPS) is 10.8. The summed E-state index contributed by atoms with van der Waals surface area (Å²) in [6.45, 7) is 1.26. The van der Waals surface area contributed by atoms with Crippen molar-refractivity contribution in [2.24, 2.45) is 0 Å². The van der Waals surface area contributed by atoms with E-state index in [1.165, 1.54) is 12.3 Å². The highest BCUT2D eigenvalue weighted by atomic mass is 35.5. The van der Waals surface area contributed by atoms with E-state index in [4.69, 9.17) is 44.5 Å². The Morgan fingerprint density at radius 2 is 1.79 bits per heavy atom. The summed E-state index contributed by atoms with van der Waals surface area (Å²) in [6, 6.07) is 15.9. The highest BCUT2D eigenvalue weighted by Gasteiger charge is 2.21. The van der Waals surface area contributed by atoms with Crippen molar-refractivity contribution in [2.45, 2.75) is 6.92 Å². The number of pyridine rings is 2. The van der Waals surface area contributed by atoms with Crippen molar-refractivity contribution in [2.75, 3.05) is 11.9 Å². The predicted octanol–water partition coefficient (Wildman–Crippen LogP) is 6.36. The molecule has 0 atom stereocenters. The minimum absolute atomic E-state index is 0.121. The van der Waals surface area contributed by atoms with Gasteiger partial charge in [0.05, 0.1) is 26.8 Å². The number of benzene rings is 2. The third-order valence-corrected chi connectivity index (χ3v) is 5.57. The zero-order valence-corrected chi connectivity index (χ0v) is 19.5. The topological polar surface area (TPSA) is 81.2 Å². The van der Waals surface area contributed by atoms with Crippen LogP contribution >= 0.6 is 34.8 Å². The first-order valence-electron chi connectivity index (χ1n) is 9.77. The molecule has 9 heteroatoms. The molecule has 4 rings (SSSR count).